The third-order valence-electron chi connectivity index (χ3n) is 2.10. The molecule has 7 heteroatoms. The Bertz CT molecular complexity index is 275. The predicted molar refractivity (Wildman–Crippen MR) is 62.5 cm³/mol. The summed E-state index contributed by atoms with van der Waals surface area (Å²) >= 11 is 0. The Morgan fingerprint density at radius 2 is 1.59 bits per heavy atom. The number of nitrogens with zero attached hydrogens (tertiary/aromatic N) is 1. The fraction of sp³-hybridized carbons (Fsp3) is 0.700. The number of amides is 3. The van der Waals surface area contributed by atoms with Crippen molar-refractivity contribution in [3.8, 4) is 0 Å². The van der Waals surface area contributed by atoms with Gasteiger partial charge in [0, 0.05) is 12.5 Å². The van der Waals surface area contributed by atoms with Crippen LogP contribution in [0, 0.1) is 0 Å². The highest BCUT2D eigenvalue weighted by atomic mass is 16.2. The van der Waals surface area contributed by atoms with Crippen LogP contribution in [0.2, 0.25) is 0 Å². The van der Waals surface area contributed by atoms with Crippen molar-refractivity contribution in [1.82, 2.24) is 4.90 Å². The van der Waals surface area contributed by atoms with E-state index >= 15 is 0 Å². The molecule has 0 saturated carbocycles. The maximum Gasteiger partial charge on any atom is 0.237 e. The second-order valence-electron chi connectivity index (χ2n) is 4.05. The zero-order valence-electron chi connectivity index (χ0n) is 10.0. The summed E-state index contributed by atoms with van der Waals surface area (Å²) in [6.45, 7) is 1.26. The topological polar surface area (TPSA) is 133 Å². The smallest absolute Gasteiger partial charge is 0.237 e. The van der Waals surface area contributed by atoms with Gasteiger partial charge in [0.1, 0.15) is 0 Å². The van der Waals surface area contributed by atoms with Crippen LogP contribution < -0.4 is 17.2 Å². The lowest BCUT2D eigenvalue weighted by molar-refractivity contribution is -0.138. The average molecular weight is 244 g/mol. The van der Waals surface area contributed by atoms with Gasteiger partial charge < -0.3 is 22.1 Å². The van der Waals surface area contributed by atoms with Gasteiger partial charge in [0.25, 0.3) is 0 Å². The van der Waals surface area contributed by atoms with Crippen LogP contribution in [-0.2, 0) is 14.4 Å². The largest absolute Gasteiger partial charge is 0.368 e. The maximum absolute atomic E-state index is 11.7. The second-order valence-corrected chi connectivity index (χ2v) is 4.05. The minimum absolute atomic E-state index is 0.0172. The molecule has 98 valence electrons. The molecule has 0 rings (SSSR count). The lowest BCUT2D eigenvalue weighted by Crippen LogP contribution is -2.43. The van der Waals surface area contributed by atoms with Gasteiger partial charge in [-0.05, 0) is 19.8 Å². The molecule has 0 saturated heterocycles. The van der Waals surface area contributed by atoms with Crippen LogP contribution in [0.15, 0.2) is 0 Å². The van der Waals surface area contributed by atoms with Gasteiger partial charge in [0.05, 0.1) is 13.1 Å². The van der Waals surface area contributed by atoms with Crippen LogP contribution in [0.25, 0.3) is 0 Å². The fourth-order valence-electron chi connectivity index (χ4n) is 1.34. The van der Waals surface area contributed by atoms with E-state index in [2.05, 4.69) is 0 Å². The molecule has 0 bridgehead atoms. The van der Waals surface area contributed by atoms with Crippen molar-refractivity contribution in [3.05, 3.63) is 0 Å². The highest BCUT2D eigenvalue weighted by Gasteiger charge is 2.17. The van der Waals surface area contributed by atoms with Crippen molar-refractivity contribution in [2.24, 2.45) is 17.2 Å². The first kappa shape index (κ1) is 15.4. The van der Waals surface area contributed by atoms with E-state index in [1.54, 1.807) is 0 Å². The van der Waals surface area contributed by atoms with Crippen molar-refractivity contribution in [1.29, 1.82) is 0 Å². The molecule has 3 amide bonds. The Morgan fingerprint density at radius 3 is 1.94 bits per heavy atom. The summed E-state index contributed by atoms with van der Waals surface area (Å²) in [6.07, 6.45) is 1.53. The van der Waals surface area contributed by atoms with Crippen LogP contribution in [-0.4, -0.2) is 41.8 Å². The molecule has 0 aromatic carbocycles. The number of hydrogen-bond acceptors (Lipinski definition) is 4. The van der Waals surface area contributed by atoms with E-state index in [0.29, 0.717) is 12.8 Å². The molecule has 0 heterocycles. The standard InChI is InChI=1S/C10H20N4O3/c1-7(11)3-2-4-10(17)14(5-8(12)15)6-9(13)16/h7H,2-6,11H2,1H3,(H2,12,15)(H2,13,16). The number of primary amides is 2. The maximum atomic E-state index is 11.7. The molecule has 0 aromatic heterocycles. The quantitative estimate of drug-likeness (QED) is 0.469. The summed E-state index contributed by atoms with van der Waals surface area (Å²) in [6, 6.07) is 0.0172. The zero-order valence-corrected chi connectivity index (χ0v) is 10.0. The zero-order chi connectivity index (χ0) is 13.4. The van der Waals surface area contributed by atoms with Gasteiger partial charge in [0.15, 0.2) is 0 Å². The average Bonchev–Trinajstić information content (AvgIpc) is 2.14. The summed E-state index contributed by atoms with van der Waals surface area (Å²) in [5.41, 5.74) is 15.5. The molecule has 0 aliphatic rings. The third-order valence-corrected chi connectivity index (χ3v) is 2.10. The minimum atomic E-state index is -0.674. The summed E-state index contributed by atoms with van der Waals surface area (Å²) in [7, 11) is 0. The monoisotopic (exact) mass is 244 g/mol. The molecular weight excluding hydrogens is 224 g/mol. The van der Waals surface area contributed by atoms with E-state index < -0.39 is 11.8 Å². The predicted octanol–water partition coefficient (Wildman–Crippen LogP) is -1.70. The van der Waals surface area contributed by atoms with Gasteiger partial charge in [-0.25, -0.2) is 0 Å². The molecule has 0 aliphatic heterocycles. The molecular formula is C10H20N4O3. The Balaban J connectivity index is 4.22. The molecule has 1 atom stereocenters. The van der Waals surface area contributed by atoms with Crippen LogP contribution in [0.4, 0.5) is 0 Å². The van der Waals surface area contributed by atoms with Crippen molar-refractivity contribution in [2.45, 2.75) is 32.2 Å². The number of hydrogen-bond donors (Lipinski definition) is 3. The van der Waals surface area contributed by atoms with E-state index in [4.69, 9.17) is 17.2 Å². The molecule has 0 fully saturated rings. The summed E-state index contributed by atoms with van der Waals surface area (Å²) in [5, 5.41) is 0. The minimum Gasteiger partial charge on any atom is -0.368 e. The van der Waals surface area contributed by atoms with Crippen molar-refractivity contribution >= 4 is 17.7 Å². The van der Waals surface area contributed by atoms with Crippen molar-refractivity contribution in [2.75, 3.05) is 13.1 Å². The van der Waals surface area contributed by atoms with E-state index in [0.717, 1.165) is 4.90 Å². The molecule has 0 aliphatic carbocycles. The molecule has 7 nitrogen and oxygen atoms in total. The first-order valence-electron chi connectivity index (χ1n) is 5.43. The summed E-state index contributed by atoms with van der Waals surface area (Å²) in [5.74, 6) is -1.66. The van der Waals surface area contributed by atoms with Crippen LogP contribution in [0.3, 0.4) is 0 Å². The summed E-state index contributed by atoms with van der Waals surface area (Å²) < 4.78 is 0. The SMILES string of the molecule is CC(N)CCCC(=O)N(CC(N)=O)CC(N)=O. The van der Waals surface area contributed by atoms with Crippen molar-refractivity contribution < 1.29 is 14.4 Å². The highest BCUT2D eigenvalue weighted by molar-refractivity contribution is 5.87. The molecule has 17 heavy (non-hydrogen) atoms. The number of rotatable bonds is 8. The summed E-state index contributed by atoms with van der Waals surface area (Å²) in [4.78, 5) is 34.2. The third kappa shape index (κ3) is 8.21. The number of carbonyl (C=O) groups is 3. The molecule has 1 unspecified atom stereocenters. The fourth-order valence-corrected chi connectivity index (χ4v) is 1.34. The Kier molecular flexibility index (Phi) is 6.88. The lowest BCUT2D eigenvalue weighted by Gasteiger charge is -2.19. The van der Waals surface area contributed by atoms with Gasteiger partial charge in [-0.15, -0.1) is 0 Å². The Hall–Kier alpha value is -1.63. The van der Waals surface area contributed by atoms with E-state index in [9.17, 15) is 14.4 Å². The van der Waals surface area contributed by atoms with E-state index in [1.807, 2.05) is 6.92 Å². The number of nitrogens with two attached hydrogens (primary N) is 3. The van der Waals surface area contributed by atoms with Gasteiger partial charge in [0.2, 0.25) is 17.7 Å². The molecule has 6 N–H and O–H groups in total. The first-order valence-corrected chi connectivity index (χ1v) is 5.43. The number of carbonyl (C=O) groups excluding carboxylic acids is 3. The van der Waals surface area contributed by atoms with Crippen LogP contribution in [0.5, 0.6) is 0 Å². The first-order chi connectivity index (χ1) is 7.82. The Labute approximate surface area is 100 Å². The van der Waals surface area contributed by atoms with Crippen molar-refractivity contribution in [3.63, 3.8) is 0 Å². The van der Waals surface area contributed by atoms with Gasteiger partial charge in [-0.1, -0.05) is 0 Å². The molecule has 0 radical (unpaired) electrons. The normalized spacial score (nSPS) is 11.9. The van der Waals surface area contributed by atoms with Gasteiger partial charge in [-0.3, -0.25) is 14.4 Å². The molecule has 0 spiro atoms. The van der Waals surface area contributed by atoms with Gasteiger partial charge in [-0.2, -0.15) is 0 Å². The Morgan fingerprint density at radius 1 is 1.12 bits per heavy atom. The second kappa shape index (κ2) is 7.61. The lowest BCUT2D eigenvalue weighted by atomic mass is 10.1. The highest BCUT2D eigenvalue weighted by Crippen LogP contribution is 2.02. The van der Waals surface area contributed by atoms with E-state index in [-0.39, 0.29) is 31.5 Å². The van der Waals surface area contributed by atoms with Crippen LogP contribution in [0.1, 0.15) is 26.2 Å². The molecule has 0 aromatic rings. The van der Waals surface area contributed by atoms with Crippen LogP contribution >= 0.6 is 0 Å². The van der Waals surface area contributed by atoms with Gasteiger partial charge >= 0.3 is 0 Å². The van der Waals surface area contributed by atoms with E-state index in [1.165, 1.54) is 0 Å².